The lowest BCUT2D eigenvalue weighted by molar-refractivity contribution is -0.137. The predicted octanol–water partition coefficient (Wildman–Crippen LogP) is 4.80. The molecule has 30 heavy (non-hydrogen) atoms. The molecule has 2 saturated heterocycles. The van der Waals surface area contributed by atoms with Crippen molar-refractivity contribution < 1.29 is 22.4 Å². The van der Waals surface area contributed by atoms with Gasteiger partial charge >= 0.3 is 6.18 Å². The van der Waals surface area contributed by atoms with Crippen molar-refractivity contribution in [1.82, 2.24) is 9.80 Å². The van der Waals surface area contributed by atoms with Crippen molar-refractivity contribution in [2.75, 3.05) is 32.7 Å². The highest BCUT2D eigenvalue weighted by Gasteiger charge is 2.39. The molecule has 2 aliphatic rings. The molecule has 0 bridgehead atoms. The van der Waals surface area contributed by atoms with Crippen LogP contribution in [0.25, 0.3) is 0 Å². The molecule has 3 nitrogen and oxygen atoms in total. The molecule has 2 aromatic rings. The Labute approximate surface area is 173 Å². The summed E-state index contributed by atoms with van der Waals surface area (Å²) < 4.78 is 53.3. The van der Waals surface area contributed by atoms with Crippen molar-refractivity contribution in [1.29, 1.82) is 0 Å². The van der Waals surface area contributed by atoms with Gasteiger partial charge in [-0.05, 0) is 61.7 Å². The summed E-state index contributed by atoms with van der Waals surface area (Å²) in [4.78, 5) is 16.9. The average molecular weight is 420 g/mol. The van der Waals surface area contributed by atoms with Crippen LogP contribution in [0.1, 0.15) is 40.2 Å². The highest BCUT2D eigenvalue weighted by Crippen LogP contribution is 2.37. The SMILES string of the molecule is O=C(c1cccc(F)c1)N1CC(CN2CCCC2)C(c2cccc(C(F)(F)F)c2)C1. The monoisotopic (exact) mass is 420 g/mol. The molecule has 160 valence electrons. The molecule has 2 unspecified atom stereocenters. The molecule has 0 N–H and O–H groups in total. The summed E-state index contributed by atoms with van der Waals surface area (Å²) in [6.07, 6.45) is -2.17. The van der Waals surface area contributed by atoms with E-state index in [4.69, 9.17) is 0 Å². The number of likely N-dealkylation sites (tertiary alicyclic amines) is 2. The second-order valence-electron chi connectivity index (χ2n) is 8.22. The van der Waals surface area contributed by atoms with Gasteiger partial charge in [-0.3, -0.25) is 4.79 Å². The van der Waals surface area contributed by atoms with E-state index in [1.807, 2.05) is 0 Å². The molecular weight excluding hydrogens is 396 g/mol. The molecule has 2 fully saturated rings. The first-order chi connectivity index (χ1) is 14.3. The van der Waals surface area contributed by atoms with Gasteiger partial charge in [0.1, 0.15) is 5.82 Å². The summed E-state index contributed by atoms with van der Waals surface area (Å²) in [5.74, 6) is -0.923. The number of alkyl halides is 3. The Balaban J connectivity index is 1.60. The van der Waals surface area contributed by atoms with Crippen molar-refractivity contribution >= 4 is 5.91 Å². The number of carbonyl (C=O) groups is 1. The zero-order chi connectivity index (χ0) is 21.3. The first kappa shape index (κ1) is 20.8. The second-order valence-corrected chi connectivity index (χ2v) is 8.22. The molecule has 2 aliphatic heterocycles. The van der Waals surface area contributed by atoms with Gasteiger partial charge in [-0.2, -0.15) is 13.2 Å². The van der Waals surface area contributed by atoms with Crippen LogP contribution in [-0.2, 0) is 6.18 Å². The van der Waals surface area contributed by atoms with Gasteiger partial charge in [-0.1, -0.05) is 24.3 Å². The van der Waals surface area contributed by atoms with Crippen molar-refractivity contribution in [2.45, 2.75) is 24.9 Å². The molecule has 7 heteroatoms. The summed E-state index contributed by atoms with van der Waals surface area (Å²) in [7, 11) is 0. The van der Waals surface area contributed by atoms with Crippen LogP contribution in [0, 0.1) is 11.7 Å². The number of amides is 1. The molecule has 0 aromatic heterocycles. The van der Waals surface area contributed by atoms with E-state index >= 15 is 0 Å². The molecule has 2 atom stereocenters. The van der Waals surface area contributed by atoms with Gasteiger partial charge in [0.05, 0.1) is 5.56 Å². The zero-order valence-electron chi connectivity index (χ0n) is 16.5. The number of hydrogen-bond acceptors (Lipinski definition) is 2. The van der Waals surface area contributed by atoms with Gasteiger partial charge in [0.15, 0.2) is 0 Å². The van der Waals surface area contributed by atoms with Gasteiger partial charge < -0.3 is 9.80 Å². The topological polar surface area (TPSA) is 23.6 Å². The molecule has 2 heterocycles. The Kier molecular flexibility index (Phi) is 5.82. The Bertz CT molecular complexity index is 908. The van der Waals surface area contributed by atoms with E-state index < -0.39 is 17.6 Å². The van der Waals surface area contributed by atoms with Crippen molar-refractivity contribution in [2.24, 2.45) is 5.92 Å². The van der Waals surface area contributed by atoms with Crippen LogP contribution in [-0.4, -0.2) is 48.4 Å². The third-order valence-electron chi connectivity index (χ3n) is 6.13. The number of nitrogens with zero attached hydrogens (tertiary/aromatic N) is 2. The number of rotatable bonds is 4. The summed E-state index contributed by atoms with van der Waals surface area (Å²) >= 11 is 0. The van der Waals surface area contributed by atoms with Crippen LogP contribution in [0.4, 0.5) is 17.6 Å². The number of halogens is 4. The minimum Gasteiger partial charge on any atom is -0.338 e. The molecule has 0 aliphatic carbocycles. The van der Waals surface area contributed by atoms with Gasteiger partial charge in [0, 0.05) is 31.1 Å². The van der Waals surface area contributed by atoms with E-state index in [9.17, 15) is 22.4 Å². The van der Waals surface area contributed by atoms with E-state index in [1.165, 1.54) is 30.3 Å². The van der Waals surface area contributed by atoms with Gasteiger partial charge in [-0.15, -0.1) is 0 Å². The minimum atomic E-state index is -4.41. The van der Waals surface area contributed by atoms with E-state index in [0.717, 1.165) is 38.5 Å². The van der Waals surface area contributed by atoms with E-state index in [1.54, 1.807) is 17.0 Å². The lowest BCUT2D eigenvalue weighted by atomic mass is 9.87. The normalized spacial score (nSPS) is 22.6. The smallest absolute Gasteiger partial charge is 0.338 e. The maximum Gasteiger partial charge on any atom is 0.416 e. The van der Waals surface area contributed by atoms with Crippen LogP contribution in [0.2, 0.25) is 0 Å². The van der Waals surface area contributed by atoms with Crippen LogP contribution in [0.15, 0.2) is 48.5 Å². The number of hydrogen-bond donors (Lipinski definition) is 0. The van der Waals surface area contributed by atoms with Crippen LogP contribution < -0.4 is 0 Å². The fourth-order valence-electron chi connectivity index (χ4n) is 4.65. The average Bonchev–Trinajstić information content (AvgIpc) is 3.37. The van der Waals surface area contributed by atoms with E-state index in [0.29, 0.717) is 18.7 Å². The summed E-state index contributed by atoms with van der Waals surface area (Å²) in [6, 6.07) is 11.0. The lowest BCUT2D eigenvalue weighted by Gasteiger charge is -2.24. The fraction of sp³-hybridized carbons (Fsp3) is 0.435. The summed E-state index contributed by atoms with van der Waals surface area (Å²) in [5, 5.41) is 0. The van der Waals surface area contributed by atoms with Gasteiger partial charge in [0.2, 0.25) is 0 Å². The van der Waals surface area contributed by atoms with Gasteiger partial charge in [0.25, 0.3) is 5.91 Å². The van der Waals surface area contributed by atoms with Crippen LogP contribution in [0.5, 0.6) is 0 Å². The maximum atomic E-state index is 13.6. The van der Waals surface area contributed by atoms with E-state index in [-0.39, 0.29) is 23.3 Å². The third kappa shape index (κ3) is 4.51. The molecule has 4 rings (SSSR count). The molecular formula is C23H24F4N2O. The minimum absolute atomic E-state index is 0.0316. The Hall–Kier alpha value is -2.41. The zero-order valence-corrected chi connectivity index (χ0v) is 16.5. The first-order valence-electron chi connectivity index (χ1n) is 10.3. The Morgan fingerprint density at radius 2 is 1.73 bits per heavy atom. The van der Waals surface area contributed by atoms with Crippen molar-refractivity contribution in [3.63, 3.8) is 0 Å². The number of carbonyl (C=O) groups excluding carboxylic acids is 1. The first-order valence-corrected chi connectivity index (χ1v) is 10.3. The molecule has 1 amide bonds. The standard InChI is InChI=1S/C23H24F4N2O/c24-20-8-4-6-17(12-20)22(30)29-14-18(13-28-9-1-2-10-28)21(15-29)16-5-3-7-19(11-16)23(25,26)27/h3-8,11-12,18,21H,1-2,9-10,13-15H2. The Morgan fingerprint density at radius 1 is 1.00 bits per heavy atom. The summed E-state index contributed by atoms with van der Waals surface area (Å²) in [6.45, 7) is 3.48. The highest BCUT2D eigenvalue weighted by molar-refractivity contribution is 5.94. The van der Waals surface area contributed by atoms with Crippen LogP contribution >= 0.6 is 0 Å². The maximum absolute atomic E-state index is 13.6. The van der Waals surface area contributed by atoms with E-state index in [2.05, 4.69) is 4.90 Å². The lowest BCUT2D eigenvalue weighted by Crippen LogP contribution is -2.32. The van der Waals surface area contributed by atoms with Crippen molar-refractivity contribution in [3.8, 4) is 0 Å². The quantitative estimate of drug-likeness (QED) is 0.664. The second kappa shape index (κ2) is 8.38. The molecule has 0 saturated carbocycles. The molecule has 0 spiro atoms. The molecule has 0 radical (unpaired) electrons. The van der Waals surface area contributed by atoms with Crippen LogP contribution in [0.3, 0.4) is 0 Å². The predicted molar refractivity (Wildman–Crippen MR) is 106 cm³/mol. The molecule has 2 aromatic carbocycles. The number of benzene rings is 2. The largest absolute Gasteiger partial charge is 0.416 e. The van der Waals surface area contributed by atoms with Gasteiger partial charge in [-0.25, -0.2) is 4.39 Å². The highest BCUT2D eigenvalue weighted by atomic mass is 19.4. The summed E-state index contributed by atoms with van der Waals surface area (Å²) in [5.41, 5.74) is 0.193. The fourth-order valence-corrected chi connectivity index (χ4v) is 4.65. The Morgan fingerprint density at radius 3 is 2.43 bits per heavy atom. The third-order valence-corrected chi connectivity index (χ3v) is 6.13. The van der Waals surface area contributed by atoms with Crippen molar-refractivity contribution in [3.05, 3.63) is 71.0 Å².